The van der Waals surface area contributed by atoms with Crippen molar-refractivity contribution in [2.75, 3.05) is 18.1 Å². The summed E-state index contributed by atoms with van der Waals surface area (Å²) >= 11 is 5.31. The van der Waals surface area contributed by atoms with Gasteiger partial charge in [0.1, 0.15) is 5.82 Å². The Balaban J connectivity index is 2.41. The molecular formula is C13H19BrFNS. The first-order chi connectivity index (χ1) is 8.15. The van der Waals surface area contributed by atoms with Gasteiger partial charge in [-0.15, -0.1) is 0 Å². The van der Waals surface area contributed by atoms with Gasteiger partial charge in [0.05, 0.1) is 0 Å². The van der Waals surface area contributed by atoms with Crippen LogP contribution in [0, 0.1) is 5.82 Å². The summed E-state index contributed by atoms with van der Waals surface area (Å²) in [5.41, 5.74) is 0.725. The van der Waals surface area contributed by atoms with Gasteiger partial charge in [-0.05, 0) is 49.6 Å². The molecule has 1 aromatic rings. The van der Waals surface area contributed by atoms with E-state index in [9.17, 15) is 4.39 Å². The van der Waals surface area contributed by atoms with Gasteiger partial charge in [0.25, 0.3) is 0 Å². The number of rotatable bonds is 7. The van der Waals surface area contributed by atoms with Gasteiger partial charge in [-0.1, -0.05) is 22.9 Å². The lowest BCUT2D eigenvalue weighted by Gasteiger charge is -2.15. The molecule has 0 aliphatic rings. The molecule has 0 aliphatic carbocycles. The predicted octanol–water partition coefficient (Wildman–Crippen LogP) is 4.38. The molecule has 96 valence electrons. The van der Waals surface area contributed by atoms with Crippen LogP contribution in [0.4, 0.5) is 4.39 Å². The van der Waals surface area contributed by atoms with E-state index in [2.05, 4.69) is 28.2 Å². The first-order valence-corrected chi connectivity index (χ1v) is 7.86. The minimum Gasteiger partial charge on any atom is -0.310 e. The van der Waals surface area contributed by atoms with Crippen molar-refractivity contribution in [2.24, 2.45) is 0 Å². The minimum absolute atomic E-state index is 0.0547. The number of nitrogens with one attached hydrogen (secondary N) is 1. The molecule has 0 heterocycles. The van der Waals surface area contributed by atoms with Crippen LogP contribution < -0.4 is 5.32 Å². The largest absolute Gasteiger partial charge is 0.310 e. The second kappa shape index (κ2) is 8.11. The number of thioether (sulfide) groups is 1. The van der Waals surface area contributed by atoms with Crippen LogP contribution in [0.3, 0.4) is 0 Å². The summed E-state index contributed by atoms with van der Waals surface area (Å²) in [7, 11) is 0. The van der Waals surface area contributed by atoms with Crippen LogP contribution >= 0.6 is 27.7 Å². The number of hydrogen-bond donors (Lipinski definition) is 1. The molecule has 0 saturated carbocycles. The predicted molar refractivity (Wildman–Crippen MR) is 78.1 cm³/mol. The van der Waals surface area contributed by atoms with E-state index in [1.54, 1.807) is 6.07 Å². The second-order valence-electron chi connectivity index (χ2n) is 3.89. The Labute approximate surface area is 116 Å². The molecule has 1 unspecified atom stereocenters. The molecule has 1 nitrogen and oxygen atoms in total. The van der Waals surface area contributed by atoms with Crippen molar-refractivity contribution < 1.29 is 4.39 Å². The Bertz CT molecular complexity index is 346. The number of hydrogen-bond acceptors (Lipinski definition) is 2. The molecule has 1 atom stereocenters. The highest BCUT2D eigenvalue weighted by molar-refractivity contribution is 9.10. The third kappa shape index (κ3) is 5.40. The zero-order valence-electron chi connectivity index (χ0n) is 10.3. The van der Waals surface area contributed by atoms with Gasteiger partial charge >= 0.3 is 0 Å². The maximum absolute atomic E-state index is 13.6. The molecule has 1 N–H and O–H groups in total. The second-order valence-corrected chi connectivity index (χ2v) is 6.20. The maximum atomic E-state index is 13.6. The van der Waals surface area contributed by atoms with Gasteiger partial charge in [0.2, 0.25) is 0 Å². The van der Waals surface area contributed by atoms with E-state index in [1.165, 1.54) is 6.07 Å². The first kappa shape index (κ1) is 15.0. The third-order valence-electron chi connectivity index (χ3n) is 2.54. The van der Waals surface area contributed by atoms with Gasteiger partial charge < -0.3 is 5.32 Å². The molecule has 0 spiro atoms. The summed E-state index contributed by atoms with van der Waals surface area (Å²) in [5.74, 6) is 2.18. The van der Waals surface area contributed by atoms with Gasteiger partial charge in [-0.2, -0.15) is 11.8 Å². The fourth-order valence-electron chi connectivity index (χ4n) is 1.59. The summed E-state index contributed by atoms with van der Waals surface area (Å²) in [5, 5.41) is 3.35. The molecule has 1 rings (SSSR count). The lowest BCUT2D eigenvalue weighted by atomic mass is 10.1. The maximum Gasteiger partial charge on any atom is 0.128 e. The van der Waals surface area contributed by atoms with Crippen LogP contribution in [0.25, 0.3) is 0 Å². The van der Waals surface area contributed by atoms with Crippen molar-refractivity contribution in [2.45, 2.75) is 26.3 Å². The standard InChI is InChI=1S/C13H19BrFNS/c1-3-17-8-4-7-16-10(2)12-9-11(14)5-6-13(12)15/h5-6,9-10,16H,3-4,7-8H2,1-2H3. The summed E-state index contributed by atoms with van der Waals surface area (Å²) in [4.78, 5) is 0. The van der Waals surface area contributed by atoms with Crippen molar-refractivity contribution in [3.05, 3.63) is 34.1 Å². The highest BCUT2D eigenvalue weighted by Gasteiger charge is 2.10. The summed E-state index contributed by atoms with van der Waals surface area (Å²) in [6, 6.07) is 5.13. The van der Waals surface area contributed by atoms with Crippen molar-refractivity contribution >= 4 is 27.7 Å². The van der Waals surface area contributed by atoms with Gasteiger partial charge in [-0.3, -0.25) is 0 Å². The van der Waals surface area contributed by atoms with Gasteiger partial charge in [0, 0.05) is 16.1 Å². The Kier molecular flexibility index (Phi) is 7.16. The Hall–Kier alpha value is -0.0600. The average molecular weight is 320 g/mol. The van der Waals surface area contributed by atoms with Crippen LogP contribution in [0.2, 0.25) is 0 Å². The lowest BCUT2D eigenvalue weighted by Crippen LogP contribution is -2.21. The van der Waals surface area contributed by atoms with Crippen molar-refractivity contribution in [3.8, 4) is 0 Å². The highest BCUT2D eigenvalue weighted by atomic mass is 79.9. The van der Waals surface area contributed by atoms with E-state index < -0.39 is 0 Å². The summed E-state index contributed by atoms with van der Waals surface area (Å²) in [6.45, 7) is 5.09. The molecule has 1 aromatic carbocycles. The quantitative estimate of drug-likeness (QED) is 0.748. The van der Waals surface area contributed by atoms with Crippen LogP contribution in [0.1, 0.15) is 31.9 Å². The molecule has 0 radical (unpaired) electrons. The summed E-state index contributed by atoms with van der Waals surface area (Å²) in [6.07, 6.45) is 1.12. The molecule has 17 heavy (non-hydrogen) atoms. The molecule has 0 amide bonds. The van der Waals surface area contributed by atoms with Crippen LogP contribution in [-0.2, 0) is 0 Å². The van der Waals surface area contributed by atoms with E-state index in [0.717, 1.165) is 34.5 Å². The molecule has 0 bridgehead atoms. The smallest absolute Gasteiger partial charge is 0.128 e. The molecule has 0 fully saturated rings. The van der Waals surface area contributed by atoms with Crippen LogP contribution in [0.5, 0.6) is 0 Å². The SMILES string of the molecule is CCSCCCNC(C)c1cc(Br)ccc1F. The zero-order chi connectivity index (χ0) is 12.7. The highest BCUT2D eigenvalue weighted by Crippen LogP contribution is 2.21. The van der Waals surface area contributed by atoms with Crippen molar-refractivity contribution in [3.63, 3.8) is 0 Å². The molecule has 4 heteroatoms. The van der Waals surface area contributed by atoms with E-state index >= 15 is 0 Å². The first-order valence-electron chi connectivity index (χ1n) is 5.91. The zero-order valence-corrected chi connectivity index (χ0v) is 12.7. The lowest BCUT2D eigenvalue weighted by molar-refractivity contribution is 0.528. The monoisotopic (exact) mass is 319 g/mol. The Morgan fingerprint density at radius 1 is 1.47 bits per heavy atom. The van der Waals surface area contributed by atoms with Crippen molar-refractivity contribution in [1.29, 1.82) is 0 Å². The van der Waals surface area contributed by atoms with E-state index in [-0.39, 0.29) is 11.9 Å². The molecule has 0 aliphatic heterocycles. The van der Waals surface area contributed by atoms with Gasteiger partial charge in [0.15, 0.2) is 0 Å². The minimum atomic E-state index is -0.142. The van der Waals surface area contributed by atoms with Crippen molar-refractivity contribution in [1.82, 2.24) is 5.32 Å². The van der Waals surface area contributed by atoms with Crippen LogP contribution in [-0.4, -0.2) is 18.1 Å². The topological polar surface area (TPSA) is 12.0 Å². The molecule has 0 aromatic heterocycles. The average Bonchev–Trinajstić information content (AvgIpc) is 2.32. The Morgan fingerprint density at radius 2 is 2.24 bits per heavy atom. The number of benzene rings is 1. The van der Waals surface area contributed by atoms with Gasteiger partial charge in [-0.25, -0.2) is 4.39 Å². The fourth-order valence-corrected chi connectivity index (χ4v) is 2.61. The fraction of sp³-hybridized carbons (Fsp3) is 0.538. The molecular weight excluding hydrogens is 301 g/mol. The Morgan fingerprint density at radius 3 is 2.94 bits per heavy atom. The normalized spacial score (nSPS) is 12.7. The van der Waals surface area contributed by atoms with E-state index in [4.69, 9.17) is 0 Å². The number of halogens is 2. The third-order valence-corrected chi connectivity index (χ3v) is 4.02. The van der Waals surface area contributed by atoms with Crippen LogP contribution in [0.15, 0.2) is 22.7 Å². The van der Waals surface area contributed by atoms with E-state index in [1.807, 2.05) is 24.8 Å². The molecule has 0 saturated heterocycles. The summed E-state index contributed by atoms with van der Waals surface area (Å²) < 4.78 is 14.5. The van der Waals surface area contributed by atoms with E-state index in [0.29, 0.717) is 0 Å².